The molecule has 21 heavy (non-hydrogen) atoms. The molecule has 1 amide bonds. The number of carbonyl (C=O) groups is 1. The molecule has 0 spiro atoms. The van der Waals surface area contributed by atoms with Gasteiger partial charge in [0.1, 0.15) is 0 Å². The van der Waals surface area contributed by atoms with Crippen LogP contribution in [0.15, 0.2) is 24.5 Å². The van der Waals surface area contributed by atoms with Crippen LogP contribution < -0.4 is 5.32 Å². The Morgan fingerprint density at radius 2 is 2.00 bits per heavy atom. The average molecular weight is 289 g/mol. The number of aromatic nitrogens is 1. The number of amides is 1. The van der Waals surface area contributed by atoms with Gasteiger partial charge in [0.2, 0.25) is 5.91 Å². The molecule has 1 aliphatic rings. The predicted molar refractivity (Wildman–Crippen MR) is 84.9 cm³/mol. The number of rotatable bonds is 5. The summed E-state index contributed by atoms with van der Waals surface area (Å²) < 4.78 is 0. The van der Waals surface area contributed by atoms with E-state index < -0.39 is 0 Å². The summed E-state index contributed by atoms with van der Waals surface area (Å²) in [6.45, 7) is 6.16. The molecular formula is C17H27N3O. The fourth-order valence-corrected chi connectivity index (χ4v) is 3.37. The molecule has 0 bridgehead atoms. The molecule has 4 heteroatoms. The summed E-state index contributed by atoms with van der Waals surface area (Å²) in [5, 5.41) is 3.37. The van der Waals surface area contributed by atoms with Crippen LogP contribution in [-0.2, 0) is 4.79 Å². The van der Waals surface area contributed by atoms with Gasteiger partial charge in [-0.25, -0.2) is 0 Å². The molecule has 1 atom stereocenters. The van der Waals surface area contributed by atoms with E-state index in [1.807, 2.05) is 24.1 Å². The SMILES string of the molecule is CCCC1(C(=O)N(C)C(C)c2ccncc2)CCNCC1. The van der Waals surface area contributed by atoms with Crippen molar-refractivity contribution in [2.45, 2.75) is 45.6 Å². The number of piperidine rings is 1. The van der Waals surface area contributed by atoms with Crippen LogP contribution in [0.5, 0.6) is 0 Å². The summed E-state index contributed by atoms with van der Waals surface area (Å²) in [5.41, 5.74) is 0.970. The van der Waals surface area contributed by atoms with Crippen LogP contribution in [0, 0.1) is 5.41 Å². The fraction of sp³-hybridized carbons (Fsp3) is 0.647. The number of hydrogen-bond donors (Lipinski definition) is 1. The van der Waals surface area contributed by atoms with Crippen molar-refractivity contribution in [2.75, 3.05) is 20.1 Å². The molecule has 2 heterocycles. The van der Waals surface area contributed by atoms with Gasteiger partial charge >= 0.3 is 0 Å². The highest BCUT2D eigenvalue weighted by molar-refractivity contribution is 5.83. The standard InChI is InChI=1S/C17H27N3O/c1-4-7-17(8-12-19-13-9-17)16(21)20(3)14(2)15-5-10-18-11-6-15/h5-6,10-11,14,19H,4,7-9,12-13H2,1-3H3. The van der Waals surface area contributed by atoms with Gasteiger partial charge in [0, 0.05) is 19.4 Å². The second-order valence-electron chi connectivity index (χ2n) is 6.15. The Labute approximate surface area is 127 Å². The minimum Gasteiger partial charge on any atom is -0.339 e. The van der Waals surface area contributed by atoms with Crippen LogP contribution in [0.3, 0.4) is 0 Å². The lowest BCUT2D eigenvalue weighted by molar-refractivity contribution is -0.145. The summed E-state index contributed by atoms with van der Waals surface area (Å²) in [5.74, 6) is 0.301. The Bertz CT molecular complexity index is 449. The lowest BCUT2D eigenvalue weighted by atomic mass is 9.74. The van der Waals surface area contributed by atoms with Gasteiger partial charge in [-0.1, -0.05) is 13.3 Å². The smallest absolute Gasteiger partial charge is 0.229 e. The first-order chi connectivity index (χ1) is 10.1. The predicted octanol–water partition coefficient (Wildman–Crippen LogP) is 2.77. The first kappa shape index (κ1) is 16.0. The molecule has 0 aromatic carbocycles. The number of hydrogen-bond acceptors (Lipinski definition) is 3. The van der Waals surface area contributed by atoms with E-state index in [2.05, 4.69) is 24.1 Å². The molecule has 2 rings (SSSR count). The Kier molecular flexibility index (Phi) is 5.34. The van der Waals surface area contributed by atoms with Crippen molar-refractivity contribution in [3.05, 3.63) is 30.1 Å². The van der Waals surface area contributed by atoms with E-state index in [4.69, 9.17) is 0 Å². The average Bonchev–Trinajstić information content (AvgIpc) is 2.54. The Morgan fingerprint density at radius 3 is 2.57 bits per heavy atom. The van der Waals surface area contributed by atoms with E-state index in [0.717, 1.165) is 44.3 Å². The topological polar surface area (TPSA) is 45.2 Å². The molecule has 1 fully saturated rings. The summed E-state index contributed by atoms with van der Waals surface area (Å²) in [4.78, 5) is 19.1. The monoisotopic (exact) mass is 289 g/mol. The van der Waals surface area contributed by atoms with Crippen LogP contribution in [0.2, 0.25) is 0 Å². The van der Waals surface area contributed by atoms with Gasteiger partial charge < -0.3 is 10.2 Å². The second kappa shape index (κ2) is 7.03. The van der Waals surface area contributed by atoms with Crippen molar-refractivity contribution in [1.82, 2.24) is 15.2 Å². The van der Waals surface area contributed by atoms with E-state index in [-0.39, 0.29) is 11.5 Å². The molecule has 1 N–H and O–H groups in total. The van der Waals surface area contributed by atoms with Gasteiger partial charge in [0.15, 0.2) is 0 Å². The molecule has 116 valence electrons. The van der Waals surface area contributed by atoms with Gasteiger partial charge in [0.25, 0.3) is 0 Å². The summed E-state index contributed by atoms with van der Waals surface area (Å²) in [6.07, 6.45) is 7.53. The molecule has 1 aromatic rings. The number of nitrogens with zero attached hydrogens (tertiary/aromatic N) is 2. The van der Waals surface area contributed by atoms with E-state index in [9.17, 15) is 4.79 Å². The molecular weight excluding hydrogens is 262 g/mol. The molecule has 1 aliphatic heterocycles. The number of pyridine rings is 1. The number of nitrogens with one attached hydrogen (secondary N) is 1. The largest absolute Gasteiger partial charge is 0.339 e. The third kappa shape index (κ3) is 3.43. The zero-order valence-corrected chi connectivity index (χ0v) is 13.4. The Hall–Kier alpha value is -1.42. The first-order valence-corrected chi connectivity index (χ1v) is 7.98. The summed E-state index contributed by atoms with van der Waals surface area (Å²) in [7, 11) is 1.94. The third-order valence-electron chi connectivity index (χ3n) is 4.83. The molecule has 0 radical (unpaired) electrons. The van der Waals surface area contributed by atoms with Crippen LogP contribution in [0.4, 0.5) is 0 Å². The van der Waals surface area contributed by atoms with Crippen molar-refractivity contribution >= 4 is 5.91 Å². The van der Waals surface area contributed by atoms with Crippen LogP contribution in [0.25, 0.3) is 0 Å². The third-order valence-corrected chi connectivity index (χ3v) is 4.83. The minimum atomic E-state index is -0.171. The molecule has 0 saturated carbocycles. The highest BCUT2D eigenvalue weighted by atomic mass is 16.2. The Balaban J connectivity index is 2.16. The summed E-state index contributed by atoms with van der Waals surface area (Å²) >= 11 is 0. The lowest BCUT2D eigenvalue weighted by Crippen LogP contribution is -2.48. The van der Waals surface area contributed by atoms with Crippen molar-refractivity contribution < 1.29 is 4.79 Å². The van der Waals surface area contributed by atoms with E-state index in [1.54, 1.807) is 12.4 Å². The van der Waals surface area contributed by atoms with E-state index in [1.165, 1.54) is 0 Å². The van der Waals surface area contributed by atoms with Crippen molar-refractivity contribution in [3.63, 3.8) is 0 Å². The van der Waals surface area contributed by atoms with Crippen molar-refractivity contribution in [3.8, 4) is 0 Å². The Morgan fingerprint density at radius 1 is 1.38 bits per heavy atom. The van der Waals surface area contributed by atoms with Gasteiger partial charge in [-0.15, -0.1) is 0 Å². The lowest BCUT2D eigenvalue weighted by Gasteiger charge is -2.40. The van der Waals surface area contributed by atoms with Crippen LogP contribution in [-0.4, -0.2) is 35.9 Å². The van der Waals surface area contributed by atoms with Gasteiger partial charge in [-0.05, 0) is 57.0 Å². The second-order valence-corrected chi connectivity index (χ2v) is 6.15. The molecule has 1 saturated heterocycles. The highest BCUT2D eigenvalue weighted by Gasteiger charge is 2.41. The number of carbonyl (C=O) groups excluding carboxylic acids is 1. The zero-order valence-electron chi connectivity index (χ0n) is 13.4. The summed E-state index contributed by atoms with van der Waals surface area (Å²) in [6, 6.07) is 4.07. The fourth-order valence-electron chi connectivity index (χ4n) is 3.37. The zero-order chi connectivity index (χ0) is 15.3. The van der Waals surface area contributed by atoms with Gasteiger partial charge in [-0.2, -0.15) is 0 Å². The van der Waals surface area contributed by atoms with Gasteiger partial charge in [-0.3, -0.25) is 9.78 Å². The van der Waals surface area contributed by atoms with E-state index in [0.29, 0.717) is 5.91 Å². The molecule has 4 nitrogen and oxygen atoms in total. The van der Waals surface area contributed by atoms with Gasteiger partial charge in [0.05, 0.1) is 11.5 Å². The first-order valence-electron chi connectivity index (χ1n) is 7.98. The van der Waals surface area contributed by atoms with E-state index >= 15 is 0 Å². The maximum absolute atomic E-state index is 13.1. The minimum absolute atomic E-state index is 0.0871. The van der Waals surface area contributed by atoms with Crippen LogP contribution in [0.1, 0.15) is 51.1 Å². The molecule has 1 unspecified atom stereocenters. The van der Waals surface area contributed by atoms with Crippen molar-refractivity contribution in [1.29, 1.82) is 0 Å². The van der Waals surface area contributed by atoms with Crippen molar-refractivity contribution in [2.24, 2.45) is 5.41 Å². The quantitative estimate of drug-likeness (QED) is 0.906. The maximum Gasteiger partial charge on any atom is 0.229 e. The molecule has 0 aliphatic carbocycles. The van der Waals surface area contributed by atoms with Crippen LogP contribution >= 0.6 is 0 Å². The maximum atomic E-state index is 13.1. The highest BCUT2D eigenvalue weighted by Crippen LogP contribution is 2.37. The molecule has 1 aromatic heterocycles. The normalized spacial score (nSPS) is 19.0.